The predicted octanol–water partition coefficient (Wildman–Crippen LogP) is 4.75. The lowest BCUT2D eigenvalue weighted by Gasteiger charge is -2.35. The number of hydrogen-bond acceptors (Lipinski definition) is 8. The van der Waals surface area contributed by atoms with E-state index in [0.29, 0.717) is 17.2 Å². The van der Waals surface area contributed by atoms with E-state index >= 15 is 0 Å². The molecule has 5 rings (SSSR count). The SMILES string of the molecule is [2H]C([2H])([2H])CC(=O)c1cnc(NC(=O)C2CC2)cc1Nc1nc(C)cc2c1N(C)[C@H](C)c1nc(C)cnc1-2. The minimum Gasteiger partial charge on any atom is -0.363 e. The number of hydrogen-bond donors (Lipinski definition) is 2. The van der Waals surface area contributed by atoms with Crippen molar-refractivity contribution >= 4 is 34.7 Å². The van der Waals surface area contributed by atoms with Gasteiger partial charge >= 0.3 is 0 Å². The van der Waals surface area contributed by atoms with E-state index in [-0.39, 0.29) is 29.2 Å². The third-order valence-electron chi connectivity index (χ3n) is 6.44. The molecule has 1 atom stereocenters. The van der Waals surface area contributed by atoms with E-state index < -0.39 is 19.1 Å². The van der Waals surface area contributed by atoms with Crippen molar-refractivity contribution in [3.8, 4) is 11.3 Å². The number of ketones is 1. The first-order valence-electron chi connectivity index (χ1n) is 13.1. The van der Waals surface area contributed by atoms with E-state index in [1.807, 2.05) is 38.8 Å². The molecular formula is C26H29N7O2. The highest BCUT2D eigenvalue weighted by atomic mass is 16.2. The fourth-order valence-electron chi connectivity index (χ4n) is 4.31. The van der Waals surface area contributed by atoms with Crippen LogP contribution in [-0.2, 0) is 4.79 Å². The quantitative estimate of drug-likeness (QED) is 0.492. The van der Waals surface area contributed by atoms with Crippen LogP contribution in [0.25, 0.3) is 11.3 Å². The van der Waals surface area contributed by atoms with Crippen molar-refractivity contribution in [2.75, 3.05) is 22.6 Å². The first-order chi connectivity index (χ1) is 17.9. The molecule has 2 N–H and O–H groups in total. The Balaban J connectivity index is 1.60. The number of carbonyl (C=O) groups excluding carboxylic acids is 2. The number of pyridine rings is 2. The average Bonchev–Trinajstić information content (AvgIpc) is 3.67. The summed E-state index contributed by atoms with van der Waals surface area (Å²) in [6.45, 7) is 3.35. The van der Waals surface area contributed by atoms with Crippen molar-refractivity contribution in [3.05, 3.63) is 47.2 Å². The lowest BCUT2D eigenvalue weighted by atomic mass is 9.96. The van der Waals surface area contributed by atoms with E-state index in [1.54, 1.807) is 12.3 Å². The molecule has 0 unspecified atom stereocenters. The highest BCUT2D eigenvalue weighted by molar-refractivity contribution is 6.03. The number of nitrogens with zero attached hydrogens (tertiary/aromatic N) is 5. The normalized spacial score (nSPS) is 18.0. The molecular weight excluding hydrogens is 442 g/mol. The number of rotatable bonds is 6. The Labute approximate surface area is 208 Å². The van der Waals surface area contributed by atoms with Gasteiger partial charge in [-0.05, 0) is 39.7 Å². The molecule has 1 fully saturated rings. The van der Waals surface area contributed by atoms with Crippen molar-refractivity contribution in [3.63, 3.8) is 0 Å². The lowest BCUT2D eigenvalue weighted by molar-refractivity contribution is -0.117. The number of Topliss-reactive ketones (excluding diaryl/α,β-unsaturated/α-hetero) is 1. The summed E-state index contributed by atoms with van der Waals surface area (Å²) in [5.74, 6) is -0.0126. The molecule has 0 saturated heterocycles. The largest absolute Gasteiger partial charge is 0.363 e. The molecule has 1 amide bonds. The first-order valence-corrected chi connectivity index (χ1v) is 11.6. The van der Waals surface area contributed by atoms with E-state index in [0.717, 1.165) is 41.2 Å². The maximum atomic E-state index is 13.0. The van der Waals surface area contributed by atoms with E-state index in [4.69, 9.17) is 14.1 Å². The molecule has 9 heteroatoms. The highest BCUT2D eigenvalue weighted by Gasteiger charge is 2.32. The number of aryl methyl sites for hydroxylation is 2. The molecule has 1 aliphatic carbocycles. The van der Waals surface area contributed by atoms with Gasteiger partial charge in [-0.3, -0.25) is 19.6 Å². The molecule has 0 aromatic carbocycles. The van der Waals surface area contributed by atoms with Crippen LogP contribution in [0, 0.1) is 19.8 Å². The number of aromatic nitrogens is 4. The number of nitrogens with one attached hydrogen (secondary N) is 2. The summed E-state index contributed by atoms with van der Waals surface area (Å²) in [6, 6.07) is 3.39. The Morgan fingerprint density at radius 3 is 2.69 bits per heavy atom. The summed E-state index contributed by atoms with van der Waals surface area (Å²) in [6.07, 6.45) is 4.05. The minimum absolute atomic E-state index is 0.0320. The van der Waals surface area contributed by atoms with Crippen LogP contribution in [0.15, 0.2) is 24.5 Å². The zero-order valence-corrected chi connectivity index (χ0v) is 20.1. The molecule has 3 aromatic rings. The minimum atomic E-state index is -2.44. The van der Waals surface area contributed by atoms with Gasteiger partial charge in [-0.25, -0.2) is 9.97 Å². The van der Waals surface area contributed by atoms with Gasteiger partial charge in [0.15, 0.2) is 11.6 Å². The summed E-state index contributed by atoms with van der Waals surface area (Å²) >= 11 is 0. The van der Waals surface area contributed by atoms with Gasteiger partial charge in [0.2, 0.25) is 5.91 Å². The molecule has 9 nitrogen and oxygen atoms in total. The van der Waals surface area contributed by atoms with E-state index in [1.165, 1.54) is 6.20 Å². The molecule has 180 valence electrons. The number of amides is 1. The molecule has 2 aliphatic rings. The van der Waals surface area contributed by atoms with Crippen LogP contribution in [-0.4, -0.2) is 38.7 Å². The van der Waals surface area contributed by atoms with Crippen molar-refractivity contribution in [2.45, 2.75) is 52.9 Å². The predicted molar refractivity (Wildman–Crippen MR) is 135 cm³/mol. The Morgan fingerprint density at radius 2 is 1.94 bits per heavy atom. The average molecular weight is 475 g/mol. The smallest absolute Gasteiger partial charge is 0.228 e. The van der Waals surface area contributed by atoms with Gasteiger partial charge in [-0.2, -0.15) is 0 Å². The zero-order valence-electron chi connectivity index (χ0n) is 23.1. The van der Waals surface area contributed by atoms with Crippen LogP contribution in [0.5, 0.6) is 0 Å². The van der Waals surface area contributed by atoms with Crippen LogP contribution in [0.2, 0.25) is 0 Å². The van der Waals surface area contributed by atoms with Gasteiger partial charge in [0.05, 0.1) is 40.1 Å². The summed E-state index contributed by atoms with van der Waals surface area (Å²) < 4.78 is 22.7. The second-order valence-electron chi connectivity index (χ2n) is 9.14. The second kappa shape index (κ2) is 8.72. The van der Waals surface area contributed by atoms with Gasteiger partial charge in [0.1, 0.15) is 5.82 Å². The van der Waals surface area contributed by atoms with Crippen LogP contribution >= 0.6 is 0 Å². The molecule has 0 bridgehead atoms. The van der Waals surface area contributed by atoms with Crippen LogP contribution in [0.4, 0.5) is 23.0 Å². The summed E-state index contributed by atoms with van der Waals surface area (Å²) in [5.41, 5.74) is 5.18. The van der Waals surface area contributed by atoms with Gasteiger partial charge in [-0.15, -0.1) is 0 Å². The maximum absolute atomic E-state index is 13.0. The van der Waals surface area contributed by atoms with Gasteiger partial charge in [0, 0.05) is 53.2 Å². The molecule has 0 radical (unpaired) electrons. The fourth-order valence-corrected chi connectivity index (χ4v) is 4.31. The number of carbonyl (C=O) groups is 2. The summed E-state index contributed by atoms with van der Waals surface area (Å²) in [4.78, 5) is 45.8. The summed E-state index contributed by atoms with van der Waals surface area (Å²) in [5, 5.41) is 6.05. The van der Waals surface area contributed by atoms with Gasteiger partial charge < -0.3 is 15.5 Å². The highest BCUT2D eigenvalue weighted by Crippen LogP contribution is 2.46. The standard InChI is InChI=1S/C26H29N7O2/c1-6-20(34)18-12-27-21(32-26(35)16-7-8-16)10-19(18)31-25-24-17(9-13(2)30-25)23-22(15(4)33(24)5)29-14(3)11-28-23/h9-12,15-16H,6-8H2,1-5H3,(H2,27,30,31,32,35)/t15-/m1/s1/i1D3. The van der Waals surface area contributed by atoms with E-state index in [9.17, 15) is 9.59 Å². The topological polar surface area (TPSA) is 113 Å². The second-order valence-corrected chi connectivity index (χ2v) is 9.14. The first kappa shape index (κ1) is 19.4. The third-order valence-corrected chi connectivity index (χ3v) is 6.44. The molecule has 1 saturated carbocycles. The number of fused-ring (bicyclic) bond motifs is 3. The molecule has 0 spiro atoms. The van der Waals surface area contributed by atoms with Crippen molar-refractivity contribution < 1.29 is 13.7 Å². The monoisotopic (exact) mass is 474 g/mol. The number of anilines is 4. The van der Waals surface area contributed by atoms with Gasteiger partial charge in [0.25, 0.3) is 0 Å². The fraction of sp³-hybridized carbons (Fsp3) is 0.385. The van der Waals surface area contributed by atoms with Crippen LogP contribution < -0.4 is 15.5 Å². The Hall–Kier alpha value is -3.88. The lowest BCUT2D eigenvalue weighted by Crippen LogP contribution is -2.29. The maximum Gasteiger partial charge on any atom is 0.228 e. The third kappa shape index (κ3) is 4.22. The Kier molecular flexibility index (Phi) is 4.84. The van der Waals surface area contributed by atoms with Crippen LogP contribution in [0.3, 0.4) is 0 Å². The zero-order chi connectivity index (χ0) is 27.4. The molecule has 1 aliphatic heterocycles. The van der Waals surface area contributed by atoms with Crippen LogP contribution in [0.1, 0.15) is 70.6 Å². The van der Waals surface area contributed by atoms with Crippen molar-refractivity contribution in [2.24, 2.45) is 5.92 Å². The molecule has 3 aromatic heterocycles. The van der Waals surface area contributed by atoms with Crippen molar-refractivity contribution in [1.82, 2.24) is 19.9 Å². The van der Waals surface area contributed by atoms with Gasteiger partial charge in [-0.1, -0.05) is 6.85 Å². The Morgan fingerprint density at radius 1 is 1.14 bits per heavy atom. The summed E-state index contributed by atoms with van der Waals surface area (Å²) in [7, 11) is 1.94. The Bertz CT molecular complexity index is 1450. The molecule has 35 heavy (non-hydrogen) atoms. The van der Waals surface area contributed by atoms with Crippen molar-refractivity contribution in [1.29, 1.82) is 0 Å². The molecule has 4 heterocycles. The van der Waals surface area contributed by atoms with E-state index in [2.05, 4.69) is 20.6 Å².